The van der Waals surface area contributed by atoms with Gasteiger partial charge < -0.3 is 5.32 Å². The van der Waals surface area contributed by atoms with Gasteiger partial charge in [0.1, 0.15) is 0 Å². The Morgan fingerprint density at radius 2 is 1.75 bits per heavy atom. The van der Waals surface area contributed by atoms with Crippen molar-refractivity contribution >= 4 is 11.6 Å². The highest BCUT2D eigenvalue weighted by Crippen LogP contribution is 2.29. The second-order valence-corrected chi connectivity index (χ2v) is 5.93. The Bertz CT molecular complexity index is 585. The van der Waals surface area contributed by atoms with Crippen LogP contribution in [0.3, 0.4) is 0 Å². The first-order valence-electron chi connectivity index (χ1n) is 7.37. The number of rotatable bonds is 5. The van der Waals surface area contributed by atoms with Crippen LogP contribution in [0, 0.1) is 0 Å². The third kappa shape index (κ3) is 3.23. The molecule has 1 N–H and O–H groups in total. The molecule has 0 aromatic heterocycles. The van der Waals surface area contributed by atoms with Crippen molar-refractivity contribution in [1.29, 1.82) is 0 Å². The van der Waals surface area contributed by atoms with E-state index in [0.717, 1.165) is 29.6 Å². The van der Waals surface area contributed by atoms with E-state index >= 15 is 0 Å². The highest BCUT2D eigenvalue weighted by molar-refractivity contribution is 6.33. The normalized spacial score (nSPS) is 14.5. The van der Waals surface area contributed by atoms with Crippen molar-refractivity contribution in [2.45, 2.75) is 38.8 Å². The average molecular weight is 286 g/mol. The van der Waals surface area contributed by atoms with E-state index in [1.807, 2.05) is 0 Å². The molecule has 0 heterocycles. The zero-order valence-electron chi connectivity index (χ0n) is 11.8. The van der Waals surface area contributed by atoms with Gasteiger partial charge in [-0.1, -0.05) is 54.9 Å². The maximum atomic E-state index is 6.44. The molecule has 2 aromatic rings. The van der Waals surface area contributed by atoms with Crippen molar-refractivity contribution < 1.29 is 0 Å². The van der Waals surface area contributed by atoms with Crippen LogP contribution in [0.4, 0.5) is 0 Å². The maximum Gasteiger partial charge on any atom is 0.0487 e. The van der Waals surface area contributed by atoms with Crippen LogP contribution in [0.15, 0.2) is 42.5 Å². The summed E-state index contributed by atoms with van der Waals surface area (Å²) >= 11 is 6.44. The van der Waals surface area contributed by atoms with Crippen LogP contribution < -0.4 is 5.32 Å². The Kier molecular flexibility index (Phi) is 4.09. The van der Waals surface area contributed by atoms with Gasteiger partial charge >= 0.3 is 0 Å². The second-order valence-electron chi connectivity index (χ2n) is 5.52. The van der Waals surface area contributed by atoms with E-state index in [1.165, 1.54) is 29.5 Å². The molecule has 1 nitrogen and oxygen atoms in total. The number of hydrogen-bond donors (Lipinski definition) is 1. The average Bonchev–Trinajstić information content (AvgIpc) is 3.30. The fourth-order valence-corrected chi connectivity index (χ4v) is 2.68. The first-order chi connectivity index (χ1) is 9.76. The molecule has 1 aliphatic carbocycles. The van der Waals surface area contributed by atoms with Gasteiger partial charge in [-0.2, -0.15) is 0 Å². The minimum Gasteiger partial charge on any atom is -0.310 e. The molecule has 2 aromatic carbocycles. The fraction of sp³-hybridized carbons (Fsp3) is 0.333. The van der Waals surface area contributed by atoms with Gasteiger partial charge in [0.05, 0.1) is 0 Å². The molecule has 0 bridgehead atoms. The summed E-state index contributed by atoms with van der Waals surface area (Å²) < 4.78 is 0. The van der Waals surface area contributed by atoms with E-state index in [4.69, 9.17) is 11.6 Å². The highest BCUT2D eigenvalue weighted by Gasteiger charge is 2.20. The van der Waals surface area contributed by atoms with Crippen molar-refractivity contribution in [3.05, 3.63) is 58.6 Å². The Morgan fingerprint density at radius 3 is 2.35 bits per heavy atom. The lowest BCUT2D eigenvalue weighted by molar-refractivity contribution is 0.688. The summed E-state index contributed by atoms with van der Waals surface area (Å²) in [4.78, 5) is 0. The minimum atomic E-state index is 0.732. The molecule has 1 aliphatic rings. The lowest BCUT2D eigenvalue weighted by Crippen LogP contribution is -2.15. The Balaban J connectivity index is 1.77. The van der Waals surface area contributed by atoms with Gasteiger partial charge in [0.15, 0.2) is 0 Å². The van der Waals surface area contributed by atoms with Crippen LogP contribution in [-0.2, 0) is 13.0 Å². The lowest BCUT2D eigenvalue weighted by Gasteiger charge is -2.09. The van der Waals surface area contributed by atoms with Crippen molar-refractivity contribution in [1.82, 2.24) is 5.32 Å². The van der Waals surface area contributed by atoms with Gasteiger partial charge in [-0.05, 0) is 42.0 Å². The van der Waals surface area contributed by atoms with Gasteiger partial charge in [-0.25, -0.2) is 0 Å². The number of benzene rings is 2. The van der Waals surface area contributed by atoms with Crippen molar-refractivity contribution in [3.8, 4) is 11.1 Å². The Labute approximate surface area is 126 Å². The van der Waals surface area contributed by atoms with E-state index in [1.54, 1.807) is 0 Å². The number of hydrogen-bond acceptors (Lipinski definition) is 1. The number of aryl methyl sites for hydroxylation is 1. The summed E-state index contributed by atoms with van der Waals surface area (Å²) in [6.07, 6.45) is 3.70. The van der Waals surface area contributed by atoms with Crippen LogP contribution >= 0.6 is 11.6 Å². The molecule has 104 valence electrons. The molecule has 0 unspecified atom stereocenters. The monoisotopic (exact) mass is 285 g/mol. The lowest BCUT2D eigenvalue weighted by atomic mass is 10.0. The third-order valence-electron chi connectivity index (χ3n) is 3.88. The quantitative estimate of drug-likeness (QED) is 0.830. The zero-order valence-corrected chi connectivity index (χ0v) is 12.6. The summed E-state index contributed by atoms with van der Waals surface area (Å²) in [6.45, 7) is 3.09. The SMILES string of the molecule is CCc1ccc(-c2ccc(CNC3CC3)cc2Cl)cc1. The number of halogens is 1. The molecule has 0 atom stereocenters. The molecule has 1 fully saturated rings. The predicted molar refractivity (Wildman–Crippen MR) is 86.1 cm³/mol. The summed E-state index contributed by atoms with van der Waals surface area (Å²) in [7, 11) is 0. The van der Waals surface area contributed by atoms with Crippen molar-refractivity contribution in [2.24, 2.45) is 0 Å². The summed E-state index contributed by atoms with van der Waals surface area (Å²) in [5.74, 6) is 0. The zero-order chi connectivity index (χ0) is 13.9. The molecule has 0 saturated heterocycles. The number of nitrogens with one attached hydrogen (secondary N) is 1. The summed E-state index contributed by atoms with van der Waals surface area (Å²) in [5, 5.41) is 4.35. The van der Waals surface area contributed by atoms with Crippen LogP contribution in [0.5, 0.6) is 0 Å². The minimum absolute atomic E-state index is 0.732. The highest BCUT2D eigenvalue weighted by atomic mass is 35.5. The molecule has 0 amide bonds. The van der Waals surface area contributed by atoms with Gasteiger partial charge in [0.25, 0.3) is 0 Å². The third-order valence-corrected chi connectivity index (χ3v) is 4.19. The fourth-order valence-electron chi connectivity index (χ4n) is 2.37. The van der Waals surface area contributed by atoms with E-state index in [2.05, 4.69) is 54.7 Å². The largest absolute Gasteiger partial charge is 0.310 e. The molecule has 0 radical (unpaired) electrons. The van der Waals surface area contributed by atoms with E-state index in [-0.39, 0.29) is 0 Å². The van der Waals surface area contributed by atoms with Crippen molar-refractivity contribution in [2.75, 3.05) is 0 Å². The molecular formula is C18H20ClN. The molecule has 3 rings (SSSR count). The Hall–Kier alpha value is -1.31. The molecule has 0 aliphatic heterocycles. The van der Waals surface area contributed by atoms with E-state index in [9.17, 15) is 0 Å². The first kappa shape index (κ1) is 13.7. The first-order valence-corrected chi connectivity index (χ1v) is 7.75. The van der Waals surface area contributed by atoms with Crippen molar-refractivity contribution in [3.63, 3.8) is 0 Å². The standard InChI is InChI=1S/C18H20ClN/c1-2-13-3-6-15(7-4-13)17-10-5-14(11-18(17)19)12-20-16-8-9-16/h3-7,10-11,16,20H,2,8-9,12H2,1H3. The Morgan fingerprint density at radius 1 is 1.05 bits per heavy atom. The van der Waals surface area contributed by atoms with Gasteiger partial charge in [-0.3, -0.25) is 0 Å². The molecule has 0 spiro atoms. The molecule has 2 heteroatoms. The van der Waals surface area contributed by atoms with Gasteiger partial charge in [-0.15, -0.1) is 0 Å². The van der Waals surface area contributed by atoms with Crippen LogP contribution in [0.2, 0.25) is 5.02 Å². The second kappa shape index (κ2) is 5.99. The summed E-state index contributed by atoms with van der Waals surface area (Å²) in [5.41, 5.74) is 4.92. The molecule has 20 heavy (non-hydrogen) atoms. The van der Waals surface area contributed by atoms with Crippen LogP contribution in [-0.4, -0.2) is 6.04 Å². The maximum absolute atomic E-state index is 6.44. The molecule has 1 saturated carbocycles. The van der Waals surface area contributed by atoms with Crippen LogP contribution in [0.25, 0.3) is 11.1 Å². The summed E-state index contributed by atoms with van der Waals surface area (Å²) in [6, 6.07) is 15.8. The van der Waals surface area contributed by atoms with Gasteiger partial charge in [0, 0.05) is 23.2 Å². The van der Waals surface area contributed by atoms with E-state index < -0.39 is 0 Å². The predicted octanol–water partition coefficient (Wildman–Crippen LogP) is 4.82. The van der Waals surface area contributed by atoms with Gasteiger partial charge in [0.2, 0.25) is 0 Å². The molecular weight excluding hydrogens is 266 g/mol. The topological polar surface area (TPSA) is 12.0 Å². The van der Waals surface area contributed by atoms with Crippen LogP contribution in [0.1, 0.15) is 30.9 Å². The van der Waals surface area contributed by atoms with E-state index in [0.29, 0.717) is 0 Å². The smallest absolute Gasteiger partial charge is 0.0487 e.